The average Bonchev–Trinajstić information content (AvgIpc) is 3.51. The molecular formula is C21H32FIN4O2. The Kier molecular flexibility index (Phi) is 9.45. The Balaban J connectivity index is 0.00000300. The Labute approximate surface area is 189 Å². The van der Waals surface area contributed by atoms with Gasteiger partial charge in [-0.1, -0.05) is 6.42 Å². The molecule has 3 rings (SSSR count). The summed E-state index contributed by atoms with van der Waals surface area (Å²) in [6.07, 6.45) is 6.01. The number of carbonyl (C=O) groups is 1. The lowest BCUT2D eigenvalue weighted by Crippen LogP contribution is -2.48. The standard InChI is InChI=1S/C21H31FN4O2.HI/c1-14(28-19-10-6-16(22)7-11-19)13-24-21(23-2)26-18-5-3-4-15(12-18)20(27)25-17-8-9-17;/h6-7,10-11,14-15,17-18H,3-5,8-9,12-13H2,1-2H3,(H,25,27)(H2,23,24,26);1H. The molecule has 162 valence electrons. The van der Waals surface area contributed by atoms with Gasteiger partial charge in [-0.15, -0.1) is 24.0 Å². The van der Waals surface area contributed by atoms with E-state index in [4.69, 9.17) is 4.74 Å². The molecule has 0 bridgehead atoms. The first-order valence-corrected chi connectivity index (χ1v) is 10.2. The number of benzene rings is 1. The largest absolute Gasteiger partial charge is 0.489 e. The number of guanidine groups is 1. The van der Waals surface area contributed by atoms with E-state index in [2.05, 4.69) is 20.9 Å². The van der Waals surface area contributed by atoms with E-state index in [0.717, 1.165) is 38.5 Å². The van der Waals surface area contributed by atoms with Crippen LogP contribution < -0.4 is 20.7 Å². The lowest BCUT2D eigenvalue weighted by Gasteiger charge is -2.30. The highest BCUT2D eigenvalue weighted by Gasteiger charge is 2.31. The first kappa shape index (κ1) is 23.7. The third-order valence-electron chi connectivity index (χ3n) is 5.24. The summed E-state index contributed by atoms with van der Waals surface area (Å²) in [5, 5.41) is 9.84. The minimum absolute atomic E-state index is 0. The van der Waals surface area contributed by atoms with Crippen molar-refractivity contribution in [3.63, 3.8) is 0 Å². The van der Waals surface area contributed by atoms with Crippen molar-refractivity contribution in [3.8, 4) is 5.75 Å². The van der Waals surface area contributed by atoms with Gasteiger partial charge in [-0.2, -0.15) is 0 Å². The summed E-state index contributed by atoms with van der Waals surface area (Å²) in [5.41, 5.74) is 0. The molecule has 0 saturated heterocycles. The highest BCUT2D eigenvalue weighted by Crippen LogP contribution is 2.26. The summed E-state index contributed by atoms with van der Waals surface area (Å²) in [4.78, 5) is 16.6. The topological polar surface area (TPSA) is 74.8 Å². The normalized spacial score (nSPS) is 22.8. The summed E-state index contributed by atoms with van der Waals surface area (Å²) in [6, 6.07) is 6.66. The maximum atomic E-state index is 13.0. The van der Waals surface area contributed by atoms with E-state index < -0.39 is 0 Å². The van der Waals surface area contributed by atoms with Crippen molar-refractivity contribution in [2.45, 2.75) is 63.6 Å². The fraction of sp³-hybridized carbons (Fsp3) is 0.619. The molecule has 8 heteroatoms. The van der Waals surface area contributed by atoms with E-state index in [1.54, 1.807) is 19.2 Å². The minimum atomic E-state index is -0.278. The zero-order valence-electron chi connectivity index (χ0n) is 17.1. The summed E-state index contributed by atoms with van der Waals surface area (Å²) >= 11 is 0. The van der Waals surface area contributed by atoms with Gasteiger partial charge in [0.2, 0.25) is 5.91 Å². The second-order valence-electron chi connectivity index (χ2n) is 7.82. The number of halogens is 2. The molecule has 2 fully saturated rings. The van der Waals surface area contributed by atoms with Gasteiger partial charge in [0.25, 0.3) is 0 Å². The molecule has 0 radical (unpaired) electrons. The zero-order chi connectivity index (χ0) is 19.9. The monoisotopic (exact) mass is 518 g/mol. The van der Waals surface area contributed by atoms with Gasteiger partial charge in [-0.05, 0) is 63.3 Å². The van der Waals surface area contributed by atoms with Crippen LogP contribution in [0.15, 0.2) is 29.3 Å². The van der Waals surface area contributed by atoms with Crippen LogP contribution in [0.25, 0.3) is 0 Å². The maximum Gasteiger partial charge on any atom is 0.223 e. The summed E-state index contributed by atoms with van der Waals surface area (Å²) in [5.74, 6) is 1.36. The van der Waals surface area contributed by atoms with Gasteiger partial charge < -0.3 is 20.7 Å². The number of nitrogens with zero attached hydrogens (tertiary/aromatic N) is 1. The minimum Gasteiger partial charge on any atom is -0.489 e. The maximum absolute atomic E-state index is 13.0. The number of carbonyl (C=O) groups excluding carboxylic acids is 1. The van der Waals surface area contributed by atoms with Crippen molar-refractivity contribution in [1.82, 2.24) is 16.0 Å². The molecule has 29 heavy (non-hydrogen) atoms. The fourth-order valence-corrected chi connectivity index (χ4v) is 3.52. The molecule has 0 aliphatic heterocycles. The van der Waals surface area contributed by atoms with Gasteiger partial charge in [0.05, 0.1) is 6.54 Å². The average molecular weight is 518 g/mol. The van der Waals surface area contributed by atoms with Crippen LogP contribution in [0.5, 0.6) is 5.75 Å². The molecule has 2 aliphatic carbocycles. The fourth-order valence-electron chi connectivity index (χ4n) is 3.52. The van der Waals surface area contributed by atoms with Crippen LogP contribution >= 0.6 is 24.0 Å². The highest BCUT2D eigenvalue weighted by atomic mass is 127. The molecular weight excluding hydrogens is 486 g/mol. The first-order valence-electron chi connectivity index (χ1n) is 10.2. The number of hydrogen-bond acceptors (Lipinski definition) is 3. The van der Waals surface area contributed by atoms with E-state index in [1.165, 1.54) is 12.1 Å². The van der Waals surface area contributed by atoms with E-state index in [0.29, 0.717) is 24.3 Å². The van der Waals surface area contributed by atoms with Crippen molar-refractivity contribution in [1.29, 1.82) is 0 Å². The van der Waals surface area contributed by atoms with Crippen molar-refractivity contribution in [2.24, 2.45) is 10.9 Å². The van der Waals surface area contributed by atoms with Gasteiger partial charge in [0.1, 0.15) is 17.7 Å². The summed E-state index contributed by atoms with van der Waals surface area (Å²) in [6.45, 7) is 2.51. The Morgan fingerprint density at radius 1 is 1.17 bits per heavy atom. The van der Waals surface area contributed by atoms with Gasteiger partial charge in [0, 0.05) is 25.0 Å². The quantitative estimate of drug-likeness (QED) is 0.295. The number of hydrogen-bond donors (Lipinski definition) is 3. The predicted octanol–water partition coefficient (Wildman–Crippen LogP) is 3.21. The molecule has 6 nitrogen and oxygen atoms in total. The van der Waals surface area contributed by atoms with Gasteiger partial charge in [0.15, 0.2) is 5.96 Å². The van der Waals surface area contributed by atoms with Gasteiger partial charge in [-0.25, -0.2) is 4.39 Å². The molecule has 0 spiro atoms. The third kappa shape index (κ3) is 7.98. The molecule has 3 unspecified atom stereocenters. The number of aliphatic imine (C=N–C) groups is 1. The lowest BCUT2D eigenvalue weighted by molar-refractivity contribution is -0.126. The van der Waals surface area contributed by atoms with Gasteiger partial charge in [-0.3, -0.25) is 9.79 Å². The molecule has 2 saturated carbocycles. The molecule has 3 atom stereocenters. The summed E-state index contributed by atoms with van der Waals surface area (Å²) < 4.78 is 18.8. The van der Waals surface area contributed by atoms with Crippen LogP contribution in [-0.4, -0.2) is 43.6 Å². The number of rotatable bonds is 7. The molecule has 1 amide bonds. The molecule has 2 aliphatic rings. The smallest absolute Gasteiger partial charge is 0.223 e. The Bertz CT molecular complexity index is 682. The van der Waals surface area contributed by atoms with Crippen LogP contribution in [0.4, 0.5) is 4.39 Å². The molecule has 0 aromatic heterocycles. The Morgan fingerprint density at radius 2 is 1.90 bits per heavy atom. The number of ether oxygens (including phenoxy) is 1. The van der Waals surface area contributed by atoms with Crippen molar-refractivity contribution in [2.75, 3.05) is 13.6 Å². The first-order chi connectivity index (χ1) is 13.5. The van der Waals surface area contributed by atoms with Crippen LogP contribution in [0.1, 0.15) is 45.4 Å². The molecule has 3 N–H and O–H groups in total. The zero-order valence-corrected chi connectivity index (χ0v) is 19.4. The SMILES string of the molecule is CN=C(NCC(C)Oc1ccc(F)cc1)NC1CCCC(C(=O)NC2CC2)C1.I. The lowest BCUT2D eigenvalue weighted by atomic mass is 9.85. The Morgan fingerprint density at radius 3 is 2.55 bits per heavy atom. The van der Waals surface area contributed by atoms with Crippen LogP contribution in [-0.2, 0) is 4.79 Å². The predicted molar refractivity (Wildman–Crippen MR) is 123 cm³/mol. The van der Waals surface area contributed by atoms with E-state index in [9.17, 15) is 9.18 Å². The summed E-state index contributed by atoms with van der Waals surface area (Å²) in [7, 11) is 1.74. The highest BCUT2D eigenvalue weighted by molar-refractivity contribution is 14.0. The number of amides is 1. The van der Waals surface area contributed by atoms with Crippen LogP contribution in [0.2, 0.25) is 0 Å². The number of nitrogens with one attached hydrogen (secondary N) is 3. The second kappa shape index (κ2) is 11.6. The van der Waals surface area contributed by atoms with Gasteiger partial charge >= 0.3 is 0 Å². The molecule has 1 aromatic carbocycles. The van der Waals surface area contributed by atoms with Crippen molar-refractivity contribution >= 4 is 35.8 Å². The van der Waals surface area contributed by atoms with E-state index in [1.807, 2.05) is 6.92 Å². The molecule has 0 heterocycles. The van der Waals surface area contributed by atoms with Crippen LogP contribution in [0, 0.1) is 11.7 Å². The van der Waals surface area contributed by atoms with E-state index >= 15 is 0 Å². The second-order valence-corrected chi connectivity index (χ2v) is 7.82. The van der Waals surface area contributed by atoms with Crippen LogP contribution in [0.3, 0.4) is 0 Å². The van der Waals surface area contributed by atoms with E-state index in [-0.39, 0.29) is 53.8 Å². The Hall–Kier alpha value is -1.58. The van der Waals surface area contributed by atoms with Crippen molar-refractivity contribution in [3.05, 3.63) is 30.1 Å². The third-order valence-corrected chi connectivity index (χ3v) is 5.24. The molecule has 1 aromatic rings. The van der Waals surface area contributed by atoms with Crippen molar-refractivity contribution < 1.29 is 13.9 Å².